The first-order valence-electron chi connectivity index (χ1n) is 10.4. The van der Waals surface area contributed by atoms with Gasteiger partial charge >= 0.3 is 0 Å². The number of rotatable bonds is 9. The highest BCUT2D eigenvalue weighted by Crippen LogP contribution is 2.27. The predicted octanol–water partition coefficient (Wildman–Crippen LogP) is 4.06. The highest BCUT2D eigenvalue weighted by molar-refractivity contribution is 6.06. The molecule has 2 heterocycles. The first-order chi connectivity index (χ1) is 13.8. The number of hydrogen-bond donors (Lipinski definition) is 1. The highest BCUT2D eigenvalue weighted by atomic mass is 15.1. The van der Waals surface area contributed by atoms with Gasteiger partial charge in [-0.25, -0.2) is 9.97 Å². The zero-order valence-corrected chi connectivity index (χ0v) is 16.9. The van der Waals surface area contributed by atoms with Crippen LogP contribution in [-0.4, -0.2) is 52.2 Å². The molecule has 4 aromatic rings. The van der Waals surface area contributed by atoms with Gasteiger partial charge in [0.25, 0.3) is 0 Å². The van der Waals surface area contributed by atoms with Crippen molar-refractivity contribution in [3.63, 3.8) is 0 Å². The molecule has 146 valence electrons. The molecule has 5 nitrogen and oxygen atoms in total. The molecule has 0 spiro atoms. The van der Waals surface area contributed by atoms with E-state index in [2.05, 4.69) is 52.9 Å². The standard InChI is InChI=1S/C23H29N5/c1-3-27(4-2)16-9-14-24-15-17-28-21-13-8-5-10-18(21)22-23(28)26-20-12-7-6-11-19(20)25-22/h5-8,10-13,24H,3-4,9,14-17H2,1-2H3. The fourth-order valence-corrected chi connectivity index (χ4v) is 3.89. The quantitative estimate of drug-likeness (QED) is 0.448. The zero-order valence-electron chi connectivity index (χ0n) is 16.9. The molecule has 2 aromatic heterocycles. The molecule has 0 saturated heterocycles. The molecule has 0 atom stereocenters. The molecule has 0 fully saturated rings. The van der Waals surface area contributed by atoms with E-state index >= 15 is 0 Å². The topological polar surface area (TPSA) is 46.0 Å². The lowest BCUT2D eigenvalue weighted by molar-refractivity contribution is 0.298. The Morgan fingerprint density at radius 1 is 0.893 bits per heavy atom. The third kappa shape index (κ3) is 3.73. The van der Waals surface area contributed by atoms with Crippen molar-refractivity contribution < 1.29 is 0 Å². The van der Waals surface area contributed by atoms with Gasteiger partial charge < -0.3 is 14.8 Å². The van der Waals surface area contributed by atoms with Gasteiger partial charge in [0.1, 0.15) is 5.52 Å². The third-order valence-corrected chi connectivity index (χ3v) is 5.49. The van der Waals surface area contributed by atoms with Crippen LogP contribution in [0.5, 0.6) is 0 Å². The highest BCUT2D eigenvalue weighted by Gasteiger charge is 2.13. The van der Waals surface area contributed by atoms with Gasteiger partial charge in [-0.2, -0.15) is 0 Å². The molecule has 0 radical (unpaired) electrons. The van der Waals surface area contributed by atoms with Gasteiger partial charge in [0.2, 0.25) is 0 Å². The van der Waals surface area contributed by atoms with Gasteiger partial charge in [-0.15, -0.1) is 0 Å². The van der Waals surface area contributed by atoms with Crippen molar-refractivity contribution in [2.75, 3.05) is 32.7 Å². The molecule has 5 heteroatoms. The average Bonchev–Trinajstić information content (AvgIpc) is 3.04. The fraction of sp³-hybridized carbons (Fsp3) is 0.391. The van der Waals surface area contributed by atoms with E-state index in [1.54, 1.807) is 0 Å². The first kappa shape index (κ1) is 18.8. The van der Waals surface area contributed by atoms with Crippen molar-refractivity contribution in [3.8, 4) is 0 Å². The SMILES string of the molecule is CCN(CC)CCCNCCn1c2ccccc2c2nc3ccccc3nc21. The number of hydrogen-bond acceptors (Lipinski definition) is 4. The molecule has 0 aliphatic heterocycles. The summed E-state index contributed by atoms with van der Waals surface area (Å²) < 4.78 is 2.31. The van der Waals surface area contributed by atoms with Crippen LogP contribution in [0, 0.1) is 0 Å². The van der Waals surface area contributed by atoms with Gasteiger partial charge in [-0.3, -0.25) is 0 Å². The second-order valence-corrected chi connectivity index (χ2v) is 7.18. The summed E-state index contributed by atoms with van der Waals surface area (Å²) in [5.41, 5.74) is 5.08. The molecule has 2 aromatic carbocycles. The normalized spacial score (nSPS) is 12.0. The van der Waals surface area contributed by atoms with Crippen LogP contribution >= 0.6 is 0 Å². The minimum Gasteiger partial charge on any atom is -0.323 e. The molecule has 0 unspecified atom stereocenters. The first-order valence-corrected chi connectivity index (χ1v) is 10.4. The van der Waals surface area contributed by atoms with Crippen LogP contribution in [0.2, 0.25) is 0 Å². The number of para-hydroxylation sites is 3. The minimum atomic E-state index is 0.891. The van der Waals surface area contributed by atoms with Gasteiger partial charge in [0.15, 0.2) is 5.65 Å². The van der Waals surface area contributed by atoms with E-state index < -0.39 is 0 Å². The van der Waals surface area contributed by atoms with Crippen molar-refractivity contribution >= 4 is 33.1 Å². The minimum absolute atomic E-state index is 0.891. The van der Waals surface area contributed by atoms with Crippen molar-refractivity contribution in [2.24, 2.45) is 0 Å². The maximum absolute atomic E-state index is 4.94. The predicted molar refractivity (Wildman–Crippen MR) is 118 cm³/mol. The van der Waals surface area contributed by atoms with E-state index in [1.807, 2.05) is 24.3 Å². The maximum atomic E-state index is 4.94. The number of nitrogens with zero attached hydrogens (tertiary/aromatic N) is 4. The largest absolute Gasteiger partial charge is 0.323 e. The Bertz CT molecular complexity index is 1060. The summed E-state index contributed by atoms with van der Waals surface area (Å²) in [6, 6.07) is 16.6. The monoisotopic (exact) mass is 375 g/mol. The van der Waals surface area contributed by atoms with Crippen LogP contribution in [0.1, 0.15) is 20.3 Å². The Hall–Kier alpha value is -2.50. The van der Waals surface area contributed by atoms with E-state index in [0.717, 1.165) is 61.5 Å². The smallest absolute Gasteiger partial charge is 0.160 e. The molecule has 0 bridgehead atoms. The van der Waals surface area contributed by atoms with E-state index in [4.69, 9.17) is 9.97 Å². The molecular formula is C23H29N5. The number of benzene rings is 2. The van der Waals surface area contributed by atoms with E-state index in [0.29, 0.717) is 0 Å². The van der Waals surface area contributed by atoms with Crippen molar-refractivity contribution in [1.82, 2.24) is 24.8 Å². The molecule has 0 saturated carbocycles. The molecule has 1 N–H and O–H groups in total. The van der Waals surface area contributed by atoms with Gasteiger partial charge in [-0.05, 0) is 50.8 Å². The number of nitrogens with one attached hydrogen (secondary N) is 1. The lowest BCUT2D eigenvalue weighted by atomic mass is 10.2. The zero-order chi connectivity index (χ0) is 19.3. The third-order valence-electron chi connectivity index (χ3n) is 5.49. The van der Waals surface area contributed by atoms with Crippen LogP contribution in [0.25, 0.3) is 33.1 Å². The molecule has 28 heavy (non-hydrogen) atoms. The molecule has 0 aliphatic rings. The van der Waals surface area contributed by atoms with Gasteiger partial charge in [-0.1, -0.05) is 44.2 Å². The lowest BCUT2D eigenvalue weighted by Gasteiger charge is -2.17. The Labute approximate surface area is 166 Å². The summed E-state index contributed by atoms with van der Waals surface area (Å²) in [5, 5.41) is 4.78. The Balaban J connectivity index is 1.53. The number of fused-ring (bicyclic) bond motifs is 4. The molecule has 0 aliphatic carbocycles. The molecule has 0 amide bonds. The Morgan fingerprint density at radius 2 is 1.61 bits per heavy atom. The van der Waals surface area contributed by atoms with Crippen molar-refractivity contribution in [3.05, 3.63) is 48.5 Å². The van der Waals surface area contributed by atoms with Gasteiger partial charge in [0.05, 0.1) is 16.6 Å². The average molecular weight is 376 g/mol. The van der Waals surface area contributed by atoms with Crippen LogP contribution in [0.3, 0.4) is 0 Å². The van der Waals surface area contributed by atoms with Crippen LogP contribution < -0.4 is 5.32 Å². The van der Waals surface area contributed by atoms with Gasteiger partial charge in [0, 0.05) is 18.5 Å². The van der Waals surface area contributed by atoms with E-state index in [9.17, 15) is 0 Å². The molecule has 4 rings (SSSR count). The summed E-state index contributed by atoms with van der Waals surface area (Å²) >= 11 is 0. The fourth-order valence-electron chi connectivity index (χ4n) is 3.89. The van der Waals surface area contributed by atoms with Crippen molar-refractivity contribution in [2.45, 2.75) is 26.8 Å². The molecular weight excluding hydrogens is 346 g/mol. The van der Waals surface area contributed by atoms with E-state index in [-0.39, 0.29) is 0 Å². The number of aromatic nitrogens is 3. The van der Waals surface area contributed by atoms with Crippen LogP contribution in [-0.2, 0) is 6.54 Å². The Kier molecular flexibility index (Phi) is 5.84. The van der Waals surface area contributed by atoms with Crippen molar-refractivity contribution in [1.29, 1.82) is 0 Å². The summed E-state index contributed by atoms with van der Waals surface area (Å²) in [7, 11) is 0. The summed E-state index contributed by atoms with van der Waals surface area (Å²) in [6.07, 6.45) is 1.18. The summed E-state index contributed by atoms with van der Waals surface area (Å²) in [4.78, 5) is 12.3. The summed E-state index contributed by atoms with van der Waals surface area (Å²) in [6.45, 7) is 10.7. The second kappa shape index (κ2) is 8.67. The lowest BCUT2D eigenvalue weighted by Crippen LogP contribution is -2.28. The van der Waals surface area contributed by atoms with E-state index in [1.165, 1.54) is 17.3 Å². The Morgan fingerprint density at radius 3 is 2.39 bits per heavy atom. The maximum Gasteiger partial charge on any atom is 0.160 e. The summed E-state index contributed by atoms with van der Waals surface area (Å²) in [5.74, 6) is 0. The van der Waals surface area contributed by atoms with Crippen LogP contribution in [0.4, 0.5) is 0 Å². The second-order valence-electron chi connectivity index (χ2n) is 7.18. The van der Waals surface area contributed by atoms with Crippen LogP contribution in [0.15, 0.2) is 48.5 Å².